The van der Waals surface area contributed by atoms with E-state index in [1.807, 2.05) is 60.7 Å². The fourth-order valence-electron chi connectivity index (χ4n) is 2.38. The first-order chi connectivity index (χ1) is 12.7. The molecule has 26 heavy (non-hydrogen) atoms. The van der Waals surface area contributed by atoms with Crippen LogP contribution in [0.15, 0.2) is 59.7 Å². The summed E-state index contributed by atoms with van der Waals surface area (Å²) in [7, 11) is 3.27. The fraction of sp³-hybridized carbons (Fsp3) is 0.105. The Morgan fingerprint density at radius 2 is 1.85 bits per heavy atom. The fourth-order valence-corrected chi connectivity index (χ4v) is 2.56. The Morgan fingerprint density at radius 1 is 1.08 bits per heavy atom. The molecule has 2 aromatic carbocycles. The minimum atomic E-state index is 0.415. The van der Waals surface area contributed by atoms with E-state index in [2.05, 4.69) is 15.3 Å². The van der Waals surface area contributed by atoms with E-state index in [9.17, 15) is 0 Å². The van der Waals surface area contributed by atoms with Crippen molar-refractivity contribution < 1.29 is 9.47 Å². The summed E-state index contributed by atoms with van der Waals surface area (Å²) in [5.41, 5.74) is 1.84. The molecule has 0 aliphatic heterocycles. The lowest BCUT2D eigenvalue weighted by molar-refractivity contribution is 0.414. The Bertz CT molecular complexity index is 987. The molecule has 0 bridgehead atoms. The van der Waals surface area contributed by atoms with E-state index < -0.39 is 0 Å². The van der Waals surface area contributed by atoms with Crippen LogP contribution in [0.2, 0.25) is 0 Å². The number of methoxy groups -OCH3 is 2. The quantitative estimate of drug-likeness (QED) is 0.525. The van der Waals surface area contributed by atoms with Crippen LogP contribution in [0.3, 0.4) is 0 Å². The second-order valence-electron chi connectivity index (χ2n) is 5.26. The van der Waals surface area contributed by atoms with Gasteiger partial charge >= 0.3 is 0 Å². The molecule has 0 unspecified atom stereocenters. The van der Waals surface area contributed by atoms with E-state index in [4.69, 9.17) is 21.7 Å². The van der Waals surface area contributed by atoms with Crippen LogP contribution in [0.5, 0.6) is 11.5 Å². The van der Waals surface area contributed by atoms with E-state index in [0.29, 0.717) is 10.6 Å². The summed E-state index contributed by atoms with van der Waals surface area (Å²) in [6, 6.07) is 15.3. The van der Waals surface area contributed by atoms with Gasteiger partial charge in [0.15, 0.2) is 5.82 Å². The van der Waals surface area contributed by atoms with Gasteiger partial charge in [-0.05, 0) is 54.7 Å². The predicted molar refractivity (Wildman–Crippen MR) is 105 cm³/mol. The van der Waals surface area contributed by atoms with Gasteiger partial charge in [0.1, 0.15) is 11.5 Å². The van der Waals surface area contributed by atoms with Gasteiger partial charge in [-0.25, -0.2) is 5.10 Å². The summed E-state index contributed by atoms with van der Waals surface area (Å²) < 4.78 is 12.5. The smallest absolute Gasteiger partial charge is 0.216 e. The first-order valence-electron chi connectivity index (χ1n) is 7.89. The molecule has 1 N–H and O–H groups in total. The molecule has 1 aromatic heterocycles. The van der Waals surface area contributed by atoms with Crippen molar-refractivity contribution in [2.45, 2.75) is 0 Å². The zero-order valence-corrected chi connectivity index (χ0v) is 15.2. The lowest BCUT2D eigenvalue weighted by atomic mass is 10.2. The van der Waals surface area contributed by atoms with Crippen molar-refractivity contribution >= 4 is 24.5 Å². The SMILES string of the molecule is COc1ccc(-c2n[nH]c(=S)n2/N=C\C=C\c2ccccc2OC)cc1. The van der Waals surface area contributed by atoms with Crippen LogP contribution in [0.25, 0.3) is 17.5 Å². The van der Waals surface area contributed by atoms with Gasteiger partial charge in [0.25, 0.3) is 0 Å². The van der Waals surface area contributed by atoms with Crippen molar-refractivity contribution in [3.05, 3.63) is 64.9 Å². The molecule has 0 saturated heterocycles. The van der Waals surface area contributed by atoms with Crippen molar-refractivity contribution in [1.82, 2.24) is 14.9 Å². The average molecular weight is 366 g/mol. The minimum Gasteiger partial charge on any atom is -0.497 e. The third-order valence-electron chi connectivity index (χ3n) is 3.68. The standard InChI is InChI=1S/C19H18N4O2S/c1-24-16-11-9-15(10-12-16)18-21-22-19(26)23(18)20-13-5-7-14-6-3-4-8-17(14)25-2/h3-13H,1-2H3,(H,22,26)/b7-5+,20-13-. The van der Waals surface area contributed by atoms with Crippen molar-refractivity contribution in [2.75, 3.05) is 14.2 Å². The second kappa shape index (κ2) is 8.26. The summed E-state index contributed by atoms with van der Waals surface area (Å²) in [6.45, 7) is 0. The molecule has 3 aromatic rings. The molecule has 0 fully saturated rings. The van der Waals surface area contributed by atoms with Gasteiger partial charge in [-0.15, -0.1) is 0 Å². The van der Waals surface area contributed by atoms with Gasteiger partial charge in [-0.1, -0.05) is 18.2 Å². The number of allylic oxidation sites excluding steroid dienone is 1. The molecular weight excluding hydrogens is 348 g/mol. The van der Waals surface area contributed by atoms with Crippen LogP contribution < -0.4 is 9.47 Å². The van der Waals surface area contributed by atoms with Crippen LogP contribution in [-0.2, 0) is 0 Å². The number of aromatic amines is 1. The molecule has 3 rings (SSSR count). The highest BCUT2D eigenvalue weighted by Gasteiger charge is 2.07. The molecule has 0 aliphatic carbocycles. The first kappa shape index (κ1) is 17.6. The van der Waals surface area contributed by atoms with Crippen LogP contribution in [0.4, 0.5) is 0 Å². The number of aromatic nitrogens is 3. The highest BCUT2D eigenvalue weighted by atomic mass is 32.1. The lowest BCUT2D eigenvalue weighted by Gasteiger charge is -2.03. The van der Waals surface area contributed by atoms with E-state index in [1.165, 1.54) is 0 Å². The maximum atomic E-state index is 5.32. The molecule has 0 radical (unpaired) electrons. The maximum absolute atomic E-state index is 5.32. The number of para-hydroxylation sites is 1. The number of ether oxygens (including phenoxy) is 2. The maximum Gasteiger partial charge on any atom is 0.216 e. The zero-order valence-electron chi connectivity index (χ0n) is 14.4. The van der Waals surface area contributed by atoms with Crippen LogP contribution in [0.1, 0.15) is 5.56 Å². The number of benzene rings is 2. The van der Waals surface area contributed by atoms with E-state index in [0.717, 1.165) is 22.6 Å². The van der Waals surface area contributed by atoms with Crippen molar-refractivity contribution in [2.24, 2.45) is 5.10 Å². The summed E-state index contributed by atoms with van der Waals surface area (Å²) in [4.78, 5) is 0. The van der Waals surface area contributed by atoms with Gasteiger partial charge in [-0.3, -0.25) is 0 Å². The molecule has 132 valence electrons. The Hall–Kier alpha value is -3.19. The number of nitrogens with one attached hydrogen (secondary N) is 1. The van der Waals surface area contributed by atoms with Crippen LogP contribution in [0, 0.1) is 4.77 Å². The molecule has 0 spiro atoms. The monoisotopic (exact) mass is 366 g/mol. The highest BCUT2D eigenvalue weighted by Crippen LogP contribution is 2.21. The Kier molecular flexibility index (Phi) is 5.60. The van der Waals surface area contributed by atoms with Crippen LogP contribution in [-0.4, -0.2) is 35.3 Å². The molecule has 1 heterocycles. The van der Waals surface area contributed by atoms with Crippen molar-refractivity contribution in [1.29, 1.82) is 0 Å². The lowest BCUT2D eigenvalue weighted by Crippen LogP contribution is -1.94. The summed E-state index contributed by atoms with van der Waals surface area (Å²) in [5, 5.41) is 11.4. The van der Waals surface area contributed by atoms with Crippen molar-refractivity contribution in [3.63, 3.8) is 0 Å². The van der Waals surface area contributed by atoms with Gasteiger partial charge in [-0.2, -0.15) is 14.9 Å². The Balaban J connectivity index is 1.83. The number of H-pyrrole nitrogens is 1. The third-order valence-corrected chi connectivity index (χ3v) is 3.95. The Labute approximate surface area is 156 Å². The molecule has 0 saturated carbocycles. The molecule has 6 nitrogen and oxygen atoms in total. The summed E-state index contributed by atoms with van der Waals surface area (Å²) in [6.07, 6.45) is 5.40. The van der Waals surface area contributed by atoms with E-state index in [1.54, 1.807) is 25.1 Å². The normalized spacial score (nSPS) is 11.3. The second-order valence-corrected chi connectivity index (χ2v) is 5.64. The number of hydrogen-bond donors (Lipinski definition) is 1. The van der Waals surface area contributed by atoms with E-state index in [-0.39, 0.29) is 0 Å². The molecule has 0 aliphatic rings. The van der Waals surface area contributed by atoms with E-state index >= 15 is 0 Å². The zero-order chi connectivity index (χ0) is 18.4. The molecule has 0 atom stereocenters. The number of hydrogen-bond acceptors (Lipinski definition) is 5. The minimum absolute atomic E-state index is 0.415. The predicted octanol–water partition coefficient (Wildman–Crippen LogP) is 4.17. The number of nitrogens with zero attached hydrogens (tertiary/aromatic N) is 3. The topological polar surface area (TPSA) is 64.4 Å². The van der Waals surface area contributed by atoms with Gasteiger partial charge in [0.05, 0.1) is 14.2 Å². The first-order valence-corrected chi connectivity index (χ1v) is 8.29. The largest absolute Gasteiger partial charge is 0.497 e. The Morgan fingerprint density at radius 3 is 2.58 bits per heavy atom. The molecule has 0 amide bonds. The summed E-state index contributed by atoms with van der Waals surface area (Å²) in [5.74, 6) is 2.20. The highest BCUT2D eigenvalue weighted by molar-refractivity contribution is 7.71. The molecular formula is C19H18N4O2S. The van der Waals surface area contributed by atoms with Crippen molar-refractivity contribution in [3.8, 4) is 22.9 Å². The van der Waals surface area contributed by atoms with Gasteiger partial charge in [0.2, 0.25) is 4.77 Å². The van der Waals surface area contributed by atoms with Gasteiger partial charge < -0.3 is 9.47 Å². The summed E-state index contributed by atoms with van der Waals surface area (Å²) >= 11 is 5.27. The third kappa shape index (κ3) is 3.89. The number of rotatable bonds is 6. The molecule has 7 heteroatoms. The van der Waals surface area contributed by atoms with Gasteiger partial charge in [0, 0.05) is 17.3 Å². The average Bonchev–Trinajstić information content (AvgIpc) is 3.06. The van der Waals surface area contributed by atoms with Crippen LogP contribution >= 0.6 is 12.2 Å².